The molecule has 5 nitrogen and oxygen atoms in total. The zero-order valence-corrected chi connectivity index (χ0v) is 13.7. The second kappa shape index (κ2) is 7.77. The number of hydrogen-bond acceptors (Lipinski definition) is 3. The molecule has 23 heavy (non-hydrogen) atoms. The Hall–Kier alpha value is -2.35. The first kappa shape index (κ1) is 17.0. The van der Waals surface area contributed by atoms with E-state index in [0.29, 0.717) is 31.0 Å². The van der Waals surface area contributed by atoms with Crippen molar-refractivity contribution in [3.63, 3.8) is 0 Å². The van der Waals surface area contributed by atoms with Crippen LogP contribution < -0.4 is 5.32 Å². The fourth-order valence-corrected chi connectivity index (χ4v) is 2.81. The molecule has 5 heteroatoms. The predicted octanol–water partition coefficient (Wildman–Crippen LogP) is 2.21. The van der Waals surface area contributed by atoms with Gasteiger partial charge in [-0.2, -0.15) is 5.26 Å². The smallest absolute Gasteiger partial charge is 0.243 e. The predicted molar refractivity (Wildman–Crippen MR) is 87.2 cm³/mol. The average molecular weight is 313 g/mol. The van der Waals surface area contributed by atoms with Gasteiger partial charge in [-0.1, -0.05) is 26.0 Å². The first-order chi connectivity index (χ1) is 11.0. The summed E-state index contributed by atoms with van der Waals surface area (Å²) in [5.41, 5.74) is 1.54. The van der Waals surface area contributed by atoms with Gasteiger partial charge >= 0.3 is 0 Å². The van der Waals surface area contributed by atoms with Crippen LogP contribution in [0.25, 0.3) is 0 Å². The SMILES string of the molecule is CC(C)CC(=O)N1CCCC1C(=O)NCc1ccc(C#N)cc1. The van der Waals surface area contributed by atoms with Gasteiger partial charge < -0.3 is 10.2 Å². The Labute approximate surface area is 137 Å². The van der Waals surface area contributed by atoms with E-state index in [9.17, 15) is 9.59 Å². The highest BCUT2D eigenvalue weighted by molar-refractivity contribution is 5.88. The lowest BCUT2D eigenvalue weighted by Crippen LogP contribution is -2.46. The summed E-state index contributed by atoms with van der Waals surface area (Å²) < 4.78 is 0. The minimum atomic E-state index is -0.348. The van der Waals surface area contributed by atoms with Gasteiger partial charge in [-0.3, -0.25) is 9.59 Å². The van der Waals surface area contributed by atoms with Crippen LogP contribution in [0.2, 0.25) is 0 Å². The second-order valence-electron chi connectivity index (χ2n) is 6.37. The van der Waals surface area contributed by atoms with E-state index < -0.39 is 0 Å². The number of likely N-dealkylation sites (tertiary alicyclic amines) is 1. The maximum absolute atomic E-state index is 12.4. The molecular weight excluding hydrogens is 290 g/mol. The highest BCUT2D eigenvalue weighted by Crippen LogP contribution is 2.20. The Morgan fingerprint density at radius 2 is 2.04 bits per heavy atom. The third-order valence-electron chi connectivity index (χ3n) is 4.01. The van der Waals surface area contributed by atoms with E-state index >= 15 is 0 Å². The fraction of sp³-hybridized carbons (Fsp3) is 0.500. The molecule has 122 valence electrons. The Bertz CT molecular complexity index is 602. The third-order valence-corrected chi connectivity index (χ3v) is 4.01. The van der Waals surface area contributed by atoms with Crippen molar-refractivity contribution in [2.24, 2.45) is 5.92 Å². The van der Waals surface area contributed by atoms with Crippen LogP contribution in [0.4, 0.5) is 0 Å². The molecule has 0 aromatic heterocycles. The zero-order valence-electron chi connectivity index (χ0n) is 13.7. The fourth-order valence-electron chi connectivity index (χ4n) is 2.81. The summed E-state index contributed by atoms with van der Waals surface area (Å²) in [7, 11) is 0. The molecule has 0 radical (unpaired) electrons. The van der Waals surface area contributed by atoms with Crippen molar-refractivity contribution in [1.82, 2.24) is 10.2 Å². The summed E-state index contributed by atoms with van der Waals surface area (Å²) >= 11 is 0. The Balaban J connectivity index is 1.91. The first-order valence-electron chi connectivity index (χ1n) is 8.07. The van der Waals surface area contributed by atoms with Crippen molar-refractivity contribution in [2.75, 3.05) is 6.54 Å². The van der Waals surface area contributed by atoms with E-state index in [1.807, 2.05) is 26.0 Å². The van der Waals surface area contributed by atoms with Crippen molar-refractivity contribution in [3.05, 3.63) is 35.4 Å². The van der Waals surface area contributed by atoms with Crippen LogP contribution in [0.15, 0.2) is 24.3 Å². The Morgan fingerprint density at radius 3 is 2.65 bits per heavy atom. The molecule has 1 N–H and O–H groups in total. The zero-order chi connectivity index (χ0) is 16.8. The number of rotatable bonds is 5. The Kier molecular flexibility index (Phi) is 5.75. The van der Waals surface area contributed by atoms with Crippen LogP contribution in [0, 0.1) is 17.2 Å². The molecule has 0 bridgehead atoms. The number of nitrogens with zero attached hydrogens (tertiary/aromatic N) is 2. The quantitative estimate of drug-likeness (QED) is 0.906. The van der Waals surface area contributed by atoms with Crippen molar-refractivity contribution in [3.8, 4) is 6.07 Å². The monoisotopic (exact) mass is 313 g/mol. The number of nitrogens with one attached hydrogen (secondary N) is 1. The van der Waals surface area contributed by atoms with Gasteiger partial charge in [-0.15, -0.1) is 0 Å². The molecule has 2 amide bonds. The minimum absolute atomic E-state index is 0.0658. The van der Waals surface area contributed by atoms with Crippen LogP contribution in [0.1, 0.15) is 44.2 Å². The molecule has 1 aliphatic rings. The van der Waals surface area contributed by atoms with Crippen LogP contribution in [0.3, 0.4) is 0 Å². The van der Waals surface area contributed by atoms with Crippen LogP contribution >= 0.6 is 0 Å². The lowest BCUT2D eigenvalue weighted by atomic mass is 10.1. The van der Waals surface area contributed by atoms with Gasteiger partial charge in [0.05, 0.1) is 11.6 Å². The summed E-state index contributed by atoms with van der Waals surface area (Å²) in [6.07, 6.45) is 2.08. The van der Waals surface area contributed by atoms with E-state index in [4.69, 9.17) is 5.26 Å². The first-order valence-corrected chi connectivity index (χ1v) is 8.07. The van der Waals surface area contributed by atoms with Gasteiger partial charge in [-0.25, -0.2) is 0 Å². The molecule has 1 aromatic carbocycles. The standard InChI is InChI=1S/C18H23N3O2/c1-13(2)10-17(22)21-9-3-4-16(21)18(23)20-12-15-7-5-14(11-19)6-8-15/h5-8,13,16H,3-4,9-10,12H2,1-2H3,(H,20,23). The molecule has 1 unspecified atom stereocenters. The summed E-state index contributed by atoms with van der Waals surface area (Å²) in [5, 5.41) is 11.7. The maximum Gasteiger partial charge on any atom is 0.243 e. The molecule has 1 heterocycles. The lowest BCUT2D eigenvalue weighted by molar-refractivity contribution is -0.139. The van der Waals surface area contributed by atoms with Gasteiger partial charge in [0.1, 0.15) is 6.04 Å². The summed E-state index contributed by atoms with van der Waals surface area (Å²) in [6.45, 7) is 5.09. The van der Waals surface area contributed by atoms with Crippen molar-refractivity contribution < 1.29 is 9.59 Å². The minimum Gasteiger partial charge on any atom is -0.350 e. The van der Waals surface area contributed by atoms with Crippen LogP contribution in [-0.2, 0) is 16.1 Å². The van der Waals surface area contributed by atoms with E-state index in [-0.39, 0.29) is 17.9 Å². The molecule has 1 aliphatic heterocycles. The highest BCUT2D eigenvalue weighted by Gasteiger charge is 2.33. The van der Waals surface area contributed by atoms with E-state index in [2.05, 4.69) is 11.4 Å². The summed E-state index contributed by atoms with van der Waals surface area (Å²) in [6, 6.07) is 8.84. The average Bonchev–Trinajstić information content (AvgIpc) is 3.02. The molecule has 1 atom stereocenters. The molecule has 1 fully saturated rings. The molecule has 2 rings (SSSR count). The third kappa shape index (κ3) is 4.56. The summed E-state index contributed by atoms with van der Waals surface area (Å²) in [5.74, 6) is 0.269. The number of amides is 2. The second-order valence-corrected chi connectivity index (χ2v) is 6.37. The number of carbonyl (C=O) groups is 2. The molecule has 0 aliphatic carbocycles. The van der Waals surface area contributed by atoms with Gasteiger partial charge in [0.15, 0.2) is 0 Å². The van der Waals surface area contributed by atoms with Crippen molar-refractivity contribution in [1.29, 1.82) is 5.26 Å². The number of nitriles is 1. The van der Waals surface area contributed by atoms with E-state index in [0.717, 1.165) is 18.4 Å². The molecule has 1 saturated heterocycles. The van der Waals surface area contributed by atoms with Gasteiger partial charge in [0.25, 0.3) is 0 Å². The van der Waals surface area contributed by atoms with Gasteiger partial charge in [-0.05, 0) is 36.5 Å². The van der Waals surface area contributed by atoms with E-state index in [1.54, 1.807) is 17.0 Å². The molecular formula is C18H23N3O2. The van der Waals surface area contributed by atoms with Crippen molar-refractivity contribution >= 4 is 11.8 Å². The maximum atomic E-state index is 12.4. The Morgan fingerprint density at radius 1 is 1.35 bits per heavy atom. The number of hydrogen-bond donors (Lipinski definition) is 1. The normalized spacial score (nSPS) is 17.1. The highest BCUT2D eigenvalue weighted by atomic mass is 16.2. The van der Waals surface area contributed by atoms with Crippen LogP contribution in [-0.4, -0.2) is 29.3 Å². The number of carbonyl (C=O) groups excluding carboxylic acids is 2. The largest absolute Gasteiger partial charge is 0.350 e. The van der Waals surface area contributed by atoms with Crippen molar-refractivity contribution in [2.45, 2.75) is 45.7 Å². The topological polar surface area (TPSA) is 73.2 Å². The molecule has 0 saturated carbocycles. The molecule has 0 spiro atoms. The van der Waals surface area contributed by atoms with E-state index in [1.165, 1.54) is 0 Å². The van der Waals surface area contributed by atoms with Crippen LogP contribution in [0.5, 0.6) is 0 Å². The lowest BCUT2D eigenvalue weighted by Gasteiger charge is -2.24. The molecule has 1 aromatic rings. The van der Waals surface area contributed by atoms with Gasteiger partial charge in [0, 0.05) is 19.5 Å². The summed E-state index contributed by atoms with van der Waals surface area (Å²) in [4.78, 5) is 26.3. The number of benzene rings is 1. The van der Waals surface area contributed by atoms with Gasteiger partial charge in [0.2, 0.25) is 11.8 Å².